The number of β-amino-alcohol motifs (C(OH)–C–C–N with tert-alkyl or cyclic N) is 1. The van der Waals surface area contributed by atoms with Crippen LogP contribution in [0.4, 0.5) is 4.79 Å². The topological polar surface area (TPSA) is 79.2 Å². The van der Waals surface area contributed by atoms with Crippen molar-refractivity contribution in [2.24, 2.45) is 0 Å². The Hall–Kier alpha value is -1.11. The first-order valence-corrected chi connectivity index (χ1v) is 6.25. The molecule has 6 heteroatoms. The molecule has 1 aliphatic heterocycles. The summed E-state index contributed by atoms with van der Waals surface area (Å²) in [5, 5.41) is 19.4. The molecule has 0 radical (unpaired) electrons. The normalized spacial score (nSPS) is 28.7. The van der Waals surface area contributed by atoms with Crippen molar-refractivity contribution in [3.05, 3.63) is 12.7 Å². The zero-order valence-corrected chi connectivity index (χ0v) is 11.8. The summed E-state index contributed by atoms with van der Waals surface area (Å²) in [5.41, 5.74) is -1.95. The van der Waals surface area contributed by atoms with Crippen LogP contribution in [-0.2, 0) is 9.47 Å². The molecule has 19 heavy (non-hydrogen) atoms. The van der Waals surface area contributed by atoms with Gasteiger partial charge in [-0.2, -0.15) is 0 Å². The summed E-state index contributed by atoms with van der Waals surface area (Å²) in [6.07, 6.45) is 0.252. The highest BCUT2D eigenvalue weighted by molar-refractivity contribution is 5.68. The predicted molar refractivity (Wildman–Crippen MR) is 69.8 cm³/mol. The average molecular weight is 273 g/mol. The zero-order chi connectivity index (χ0) is 14.7. The van der Waals surface area contributed by atoms with Crippen LogP contribution >= 0.6 is 0 Å². The minimum Gasteiger partial charge on any atom is -0.444 e. The largest absolute Gasteiger partial charge is 0.444 e. The molecule has 0 spiro atoms. The SMILES string of the molecule is C=CC1(O)CO[C@H](CO)CN(C(=O)OC(C)(C)C)C1. The highest BCUT2D eigenvalue weighted by Crippen LogP contribution is 2.19. The molecule has 1 heterocycles. The Labute approximate surface area is 113 Å². The molecule has 6 nitrogen and oxygen atoms in total. The van der Waals surface area contributed by atoms with Crippen LogP contribution in [0.5, 0.6) is 0 Å². The van der Waals surface area contributed by atoms with E-state index >= 15 is 0 Å². The molecular formula is C13H23NO5. The van der Waals surface area contributed by atoms with E-state index in [-0.39, 0.29) is 26.3 Å². The minimum absolute atomic E-state index is 0.0129. The molecule has 1 fully saturated rings. The van der Waals surface area contributed by atoms with E-state index in [1.54, 1.807) is 20.8 Å². The van der Waals surface area contributed by atoms with E-state index in [2.05, 4.69) is 6.58 Å². The number of aliphatic hydroxyl groups excluding tert-OH is 1. The number of hydrogen-bond donors (Lipinski definition) is 2. The molecule has 0 bridgehead atoms. The number of carbonyl (C=O) groups is 1. The molecule has 1 amide bonds. The molecule has 1 unspecified atom stereocenters. The monoisotopic (exact) mass is 273 g/mol. The van der Waals surface area contributed by atoms with E-state index < -0.39 is 23.4 Å². The van der Waals surface area contributed by atoms with Crippen molar-refractivity contribution in [1.29, 1.82) is 0 Å². The lowest BCUT2D eigenvalue weighted by Crippen LogP contribution is -2.47. The summed E-state index contributed by atoms with van der Waals surface area (Å²) < 4.78 is 10.6. The van der Waals surface area contributed by atoms with Crippen molar-refractivity contribution in [3.63, 3.8) is 0 Å². The smallest absolute Gasteiger partial charge is 0.410 e. The summed E-state index contributed by atoms with van der Waals surface area (Å²) in [7, 11) is 0. The fourth-order valence-electron chi connectivity index (χ4n) is 1.70. The first kappa shape index (κ1) is 15.9. The average Bonchev–Trinajstić information content (AvgIpc) is 2.47. The second-order valence-electron chi connectivity index (χ2n) is 5.78. The number of ether oxygens (including phenoxy) is 2. The first-order valence-electron chi connectivity index (χ1n) is 6.25. The first-order chi connectivity index (χ1) is 8.69. The Morgan fingerprint density at radius 2 is 2.26 bits per heavy atom. The molecule has 0 aliphatic carbocycles. The van der Waals surface area contributed by atoms with Crippen LogP contribution in [0.15, 0.2) is 12.7 Å². The quantitative estimate of drug-likeness (QED) is 0.718. The van der Waals surface area contributed by atoms with Gasteiger partial charge in [-0.25, -0.2) is 4.79 Å². The van der Waals surface area contributed by atoms with Gasteiger partial charge in [0.25, 0.3) is 0 Å². The highest BCUT2D eigenvalue weighted by Gasteiger charge is 2.36. The summed E-state index contributed by atoms with van der Waals surface area (Å²) in [6.45, 7) is 8.80. The van der Waals surface area contributed by atoms with Crippen LogP contribution in [0.2, 0.25) is 0 Å². The van der Waals surface area contributed by atoms with Gasteiger partial charge in [0.15, 0.2) is 0 Å². The third-order valence-corrected chi connectivity index (χ3v) is 2.69. The number of carbonyl (C=O) groups excluding carboxylic acids is 1. The van der Waals surface area contributed by atoms with Crippen LogP contribution in [0.25, 0.3) is 0 Å². The molecule has 2 atom stereocenters. The van der Waals surface area contributed by atoms with Gasteiger partial charge in [-0.3, -0.25) is 0 Å². The number of nitrogens with zero attached hydrogens (tertiary/aromatic N) is 1. The van der Waals surface area contributed by atoms with Crippen LogP contribution in [-0.4, -0.2) is 64.8 Å². The Morgan fingerprint density at radius 3 is 2.74 bits per heavy atom. The molecule has 2 N–H and O–H groups in total. The van der Waals surface area contributed by atoms with Crippen molar-refractivity contribution in [2.45, 2.75) is 38.1 Å². The molecule has 0 saturated carbocycles. The lowest BCUT2D eigenvalue weighted by atomic mass is 10.1. The van der Waals surface area contributed by atoms with E-state index in [0.29, 0.717) is 0 Å². The van der Waals surface area contributed by atoms with E-state index in [9.17, 15) is 15.0 Å². The van der Waals surface area contributed by atoms with Gasteiger partial charge in [0.2, 0.25) is 0 Å². The summed E-state index contributed by atoms with van der Waals surface area (Å²) in [6, 6.07) is 0. The molecule has 0 aromatic rings. The fourth-order valence-corrected chi connectivity index (χ4v) is 1.70. The van der Waals surface area contributed by atoms with Gasteiger partial charge < -0.3 is 24.6 Å². The molecule has 1 rings (SSSR count). The van der Waals surface area contributed by atoms with Gasteiger partial charge in [-0.1, -0.05) is 6.08 Å². The van der Waals surface area contributed by atoms with E-state index in [0.717, 1.165) is 0 Å². The van der Waals surface area contributed by atoms with Crippen LogP contribution in [0.3, 0.4) is 0 Å². The predicted octanol–water partition coefficient (Wildman–Crippen LogP) is 0.532. The second kappa shape index (κ2) is 5.90. The fraction of sp³-hybridized carbons (Fsp3) is 0.769. The van der Waals surface area contributed by atoms with Gasteiger partial charge in [0.05, 0.1) is 32.4 Å². The maximum Gasteiger partial charge on any atom is 0.410 e. The molecule has 0 aromatic heterocycles. The Kier molecular flexibility index (Phi) is 4.95. The third-order valence-electron chi connectivity index (χ3n) is 2.69. The van der Waals surface area contributed by atoms with Crippen LogP contribution in [0, 0.1) is 0 Å². The molecular weight excluding hydrogens is 250 g/mol. The van der Waals surface area contributed by atoms with Gasteiger partial charge in [0, 0.05) is 0 Å². The zero-order valence-electron chi connectivity index (χ0n) is 11.8. The molecule has 0 aromatic carbocycles. The van der Waals surface area contributed by atoms with Crippen molar-refractivity contribution in [1.82, 2.24) is 4.90 Å². The maximum atomic E-state index is 12.1. The number of hydrogen-bond acceptors (Lipinski definition) is 5. The van der Waals surface area contributed by atoms with Gasteiger partial charge in [-0.15, -0.1) is 6.58 Å². The van der Waals surface area contributed by atoms with Crippen molar-refractivity contribution in [2.75, 3.05) is 26.3 Å². The Balaban J connectivity index is 2.83. The van der Waals surface area contributed by atoms with Crippen LogP contribution < -0.4 is 0 Å². The number of amides is 1. The number of aliphatic hydroxyl groups is 2. The van der Waals surface area contributed by atoms with E-state index in [4.69, 9.17) is 9.47 Å². The maximum absolute atomic E-state index is 12.1. The van der Waals surface area contributed by atoms with E-state index in [1.807, 2.05) is 0 Å². The van der Waals surface area contributed by atoms with Gasteiger partial charge in [0.1, 0.15) is 11.2 Å². The summed E-state index contributed by atoms with van der Waals surface area (Å²) in [5.74, 6) is 0. The Bertz CT molecular complexity index is 338. The van der Waals surface area contributed by atoms with Crippen molar-refractivity contribution in [3.8, 4) is 0 Å². The Morgan fingerprint density at radius 1 is 1.63 bits per heavy atom. The minimum atomic E-state index is -1.33. The summed E-state index contributed by atoms with van der Waals surface area (Å²) in [4.78, 5) is 13.4. The van der Waals surface area contributed by atoms with Gasteiger partial charge >= 0.3 is 6.09 Å². The second-order valence-corrected chi connectivity index (χ2v) is 5.78. The standard InChI is InChI=1S/C13H23NO5/c1-5-13(17)8-14(6-10(7-15)18-9-13)11(16)19-12(2,3)4/h5,10,15,17H,1,6-9H2,2-4H3/t10-,13?/m0/s1. The van der Waals surface area contributed by atoms with Crippen molar-refractivity contribution < 1.29 is 24.5 Å². The highest BCUT2D eigenvalue weighted by atomic mass is 16.6. The summed E-state index contributed by atoms with van der Waals surface area (Å²) >= 11 is 0. The van der Waals surface area contributed by atoms with Gasteiger partial charge in [-0.05, 0) is 20.8 Å². The van der Waals surface area contributed by atoms with Crippen LogP contribution in [0.1, 0.15) is 20.8 Å². The lowest BCUT2D eigenvalue weighted by Gasteiger charge is -2.30. The third kappa shape index (κ3) is 4.81. The molecule has 1 aliphatic rings. The lowest BCUT2D eigenvalue weighted by molar-refractivity contribution is -0.0395. The van der Waals surface area contributed by atoms with Crippen molar-refractivity contribution >= 4 is 6.09 Å². The number of rotatable bonds is 2. The van der Waals surface area contributed by atoms with E-state index in [1.165, 1.54) is 11.0 Å². The molecule has 1 saturated heterocycles. The molecule has 110 valence electrons.